The fourth-order valence-electron chi connectivity index (χ4n) is 2.89. The van der Waals surface area contributed by atoms with Gasteiger partial charge in [0.2, 0.25) is 0 Å². The molecule has 0 aliphatic carbocycles. The minimum atomic E-state index is 0. The minimum Gasteiger partial charge on any atom is -0.491 e. The number of hydrogen-bond acceptors (Lipinski definition) is 4. The van der Waals surface area contributed by atoms with Crippen LogP contribution >= 0.6 is 11.8 Å². The zero-order chi connectivity index (χ0) is 21.0. The van der Waals surface area contributed by atoms with Crippen LogP contribution in [0.25, 0.3) is 21.4 Å². The van der Waals surface area contributed by atoms with Gasteiger partial charge in [0.25, 0.3) is 0 Å². The summed E-state index contributed by atoms with van der Waals surface area (Å²) in [6.07, 6.45) is 2.02. The van der Waals surface area contributed by atoms with Crippen LogP contribution in [0, 0.1) is 0 Å². The summed E-state index contributed by atoms with van der Waals surface area (Å²) in [6.45, 7) is 18.3. The lowest BCUT2D eigenvalue weighted by atomic mass is 10.1. The molecule has 3 rings (SSSR count). The van der Waals surface area contributed by atoms with Gasteiger partial charge in [0.15, 0.2) is 0 Å². The maximum absolute atomic E-state index is 5.69. The summed E-state index contributed by atoms with van der Waals surface area (Å²) >= 11 is 1.59. The maximum Gasteiger partial charge on any atom is 0.130 e. The molecule has 1 heterocycles. The molecule has 4 heteroatoms. The van der Waals surface area contributed by atoms with Gasteiger partial charge in [-0.05, 0) is 78.6 Å². The molecule has 0 saturated heterocycles. The molecular formula is C25H28N2OS. The van der Waals surface area contributed by atoms with Gasteiger partial charge in [-0.2, -0.15) is 0 Å². The van der Waals surface area contributed by atoms with Crippen LogP contribution in [0.4, 0.5) is 5.82 Å². The number of thioether (sulfide) groups is 1. The number of rotatable bonds is 8. The summed E-state index contributed by atoms with van der Waals surface area (Å²) < 4.78 is 5.69. The number of aromatic nitrogens is 1. The second-order valence-corrected chi connectivity index (χ2v) is 8.55. The van der Waals surface area contributed by atoms with E-state index in [9.17, 15) is 0 Å². The van der Waals surface area contributed by atoms with Crippen molar-refractivity contribution < 1.29 is 6.16 Å². The molecule has 0 aliphatic rings. The van der Waals surface area contributed by atoms with Crippen molar-refractivity contribution in [3.63, 3.8) is 0 Å². The van der Waals surface area contributed by atoms with Crippen molar-refractivity contribution in [3.8, 4) is 5.75 Å². The zero-order valence-electron chi connectivity index (χ0n) is 17.2. The minimum absolute atomic E-state index is 0. The molecule has 0 unspecified atom stereocenters. The smallest absolute Gasteiger partial charge is 0.130 e. The normalized spacial score (nSPS) is 10.8. The van der Waals surface area contributed by atoms with Gasteiger partial charge in [-0.1, -0.05) is 43.6 Å². The van der Waals surface area contributed by atoms with Crippen LogP contribution in [-0.2, 0) is 0 Å². The van der Waals surface area contributed by atoms with Crippen molar-refractivity contribution in [3.05, 3.63) is 90.5 Å². The molecular weight excluding hydrogens is 376 g/mol. The molecule has 0 radical (unpaired) electrons. The number of benzene rings is 2. The molecule has 2 aromatic carbocycles. The van der Waals surface area contributed by atoms with Gasteiger partial charge in [0.05, 0.1) is 6.10 Å². The number of fused-ring (bicyclic) bond motifs is 1. The first-order chi connectivity index (χ1) is 13.8. The van der Waals surface area contributed by atoms with Crippen molar-refractivity contribution >= 4 is 39.0 Å². The number of anilines is 1. The molecule has 0 amide bonds. The Morgan fingerprint density at radius 2 is 1.69 bits per heavy atom. The topological polar surface area (TPSA) is 34.2 Å². The molecule has 0 fully saturated rings. The highest BCUT2D eigenvalue weighted by Crippen LogP contribution is 2.32. The third kappa shape index (κ3) is 5.52. The van der Waals surface area contributed by atoms with Gasteiger partial charge < -0.3 is 10.1 Å². The predicted molar refractivity (Wildman–Crippen MR) is 130 cm³/mol. The Morgan fingerprint density at radius 3 is 2.34 bits per heavy atom. The number of pyridine rings is 1. The van der Waals surface area contributed by atoms with Crippen molar-refractivity contribution in [2.24, 2.45) is 0 Å². The van der Waals surface area contributed by atoms with E-state index in [0.29, 0.717) is 0 Å². The number of hydrogen-bond donors (Lipinski definition) is 1. The largest absolute Gasteiger partial charge is 0.491 e. The third-order valence-electron chi connectivity index (χ3n) is 4.19. The molecule has 0 atom stereocenters. The number of nitrogens with zero attached hydrogens (tertiary/aromatic N) is 1. The molecule has 3 aromatic rings. The Hall–Kier alpha value is -2.98. The van der Waals surface area contributed by atoms with E-state index in [0.717, 1.165) is 49.0 Å². The number of nitrogens with one attached hydrogen (secondary N) is 1. The first-order valence-electron chi connectivity index (χ1n) is 9.47. The molecule has 0 aliphatic heterocycles. The summed E-state index contributed by atoms with van der Waals surface area (Å²) in [7, 11) is 0. The van der Waals surface area contributed by atoms with Gasteiger partial charge in [0.1, 0.15) is 11.6 Å². The molecule has 1 N–H and O–H groups in total. The van der Waals surface area contributed by atoms with E-state index in [4.69, 9.17) is 4.74 Å². The quantitative estimate of drug-likeness (QED) is 0.419. The van der Waals surface area contributed by atoms with Crippen molar-refractivity contribution in [2.45, 2.75) is 26.9 Å². The first kappa shape index (κ1) is 20.7. The molecule has 150 valence electrons. The summed E-state index contributed by atoms with van der Waals surface area (Å²) in [5, 5.41) is 5.47. The van der Waals surface area contributed by atoms with Crippen LogP contribution < -0.4 is 10.1 Å². The van der Waals surface area contributed by atoms with Gasteiger partial charge in [-0.25, -0.2) is 4.98 Å². The highest BCUT2D eigenvalue weighted by atomic mass is 32.2. The molecule has 1 aromatic heterocycles. The Morgan fingerprint density at radius 1 is 1.00 bits per heavy atom. The lowest BCUT2D eigenvalue weighted by Crippen LogP contribution is -2.05. The van der Waals surface area contributed by atoms with E-state index < -0.39 is 0 Å². The predicted octanol–water partition coefficient (Wildman–Crippen LogP) is 7.59. The van der Waals surface area contributed by atoms with Crippen LogP contribution in [0.1, 0.15) is 33.3 Å². The average Bonchev–Trinajstić information content (AvgIpc) is 2.67. The van der Waals surface area contributed by atoms with Crippen LogP contribution in [-0.4, -0.2) is 11.1 Å². The Bertz CT molecular complexity index is 1070. The lowest BCUT2D eigenvalue weighted by molar-refractivity contribution is 0.242. The van der Waals surface area contributed by atoms with E-state index in [-0.39, 0.29) is 7.53 Å². The van der Waals surface area contributed by atoms with Gasteiger partial charge >= 0.3 is 0 Å². The van der Waals surface area contributed by atoms with Crippen LogP contribution in [0.5, 0.6) is 5.75 Å². The van der Waals surface area contributed by atoms with Crippen LogP contribution in [0.3, 0.4) is 0 Å². The highest BCUT2D eigenvalue weighted by molar-refractivity contribution is 8.11. The fraction of sp³-hybridized carbons (Fsp3) is 0.160. The molecule has 0 saturated carbocycles. The van der Waals surface area contributed by atoms with Gasteiger partial charge in [-0.15, -0.1) is 0 Å². The van der Waals surface area contributed by atoms with E-state index in [1.165, 1.54) is 0 Å². The lowest BCUT2D eigenvalue weighted by Gasteiger charge is -2.13. The van der Waals surface area contributed by atoms with Crippen molar-refractivity contribution in [2.75, 3.05) is 5.32 Å². The van der Waals surface area contributed by atoms with Crippen LogP contribution in [0.15, 0.2) is 79.4 Å². The van der Waals surface area contributed by atoms with E-state index in [2.05, 4.69) is 48.2 Å². The zero-order valence-corrected chi connectivity index (χ0v) is 18.0. The molecule has 3 nitrogen and oxygen atoms in total. The Balaban J connectivity index is 0.00000320. The van der Waals surface area contributed by atoms with Gasteiger partial charge in [-0.3, -0.25) is 0 Å². The monoisotopic (exact) mass is 404 g/mol. The first-order valence-corrected chi connectivity index (χ1v) is 10.3. The molecule has 29 heavy (non-hydrogen) atoms. The number of ether oxygens (including phenoxy) is 1. The van der Waals surface area contributed by atoms with E-state index in [1.54, 1.807) is 11.8 Å². The Kier molecular flexibility index (Phi) is 6.45. The standard InChI is InChI=1S/C25H26N2OS.H2/c1-16(2)28-24-11-9-20(10-12-24)18(5)27-25-14-23-13-21(19(6)29-17(3)4)7-8-22(23)15-26-25;/h7-16H,3,5-6H2,1-2,4H3,(H,26,27);1H. The fourth-order valence-corrected chi connectivity index (χ4v) is 3.55. The van der Waals surface area contributed by atoms with E-state index in [1.807, 2.05) is 57.3 Å². The summed E-state index contributed by atoms with van der Waals surface area (Å²) in [4.78, 5) is 6.52. The summed E-state index contributed by atoms with van der Waals surface area (Å²) in [5.74, 6) is 1.60. The van der Waals surface area contributed by atoms with Gasteiger partial charge in [0, 0.05) is 23.6 Å². The van der Waals surface area contributed by atoms with Crippen molar-refractivity contribution in [1.29, 1.82) is 0 Å². The highest BCUT2D eigenvalue weighted by Gasteiger charge is 2.06. The second kappa shape index (κ2) is 9.01. The Labute approximate surface area is 178 Å². The summed E-state index contributed by atoms with van der Waals surface area (Å²) in [6, 6.07) is 16.2. The second-order valence-electron chi connectivity index (χ2n) is 7.15. The molecule has 0 bridgehead atoms. The summed E-state index contributed by atoms with van der Waals surface area (Å²) in [5.41, 5.74) is 2.86. The van der Waals surface area contributed by atoms with Crippen molar-refractivity contribution in [1.82, 2.24) is 4.98 Å². The maximum atomic E-state index is 5.69. The van der Waals surface area contributed by atoms with E-state index >= 15 is 0 Å². The third-order valence-corrected chi connectivity index (χ3v) is 5.03. The number of allylic oxidation sites excluding steroid dienone is 1. The average molecular weight is 405 g/mol. The molecule has 0 spiro atoms. The SMILES string of the molecule is C=C(C)SC(=C)c1ccc2cnc(NC(=C)c3ccc(OC(C)C)cc3)cc2c1.[HH]. The van der Waals surface area contributed by atoms with Crippen LogP contribution in [0.2, 0.25) is 0 Å².